The fraction of sp³-hybridized carbons (Fsp3) is 0.659. The number of morpholine rings is 1. The Morgan fingerprint density at radius 1 is 0.942 bits per heavy atom. The number of carbonyl (C=O) groups is 2. The Hall–Kier alpha value is -3.09. The molecule has 284 valence electrons. The molecule has 2 saturated heterocycles. The Bertz CT molecular complexity index is 1510. The summed E-state index contributed by atoms with van der Waals surface area (Å²) < 4.78 is 31.8. The Kier molecular flexibility index (Phi) is 11.5. The molecular weight excluding hydrogens is 665 g/mol. The molecule has 2 N–H and O–H groups in total. The van der Waals surface area contributed by atoms with Crippen molar-refractivity contribution >= 4 is 11.8 Å². The summed E-state index contributed by atoms with van der Waals surface area (Å²) in [6, 6.07) is 14.1. The van der Waals surface area contributed by atoms with Crippen molar-refractivity contribution in [1.29, 1.82) is 0 Å². The normalized spacial score (nSPS) is 33.2. The third-order valence-electron chi connectivity index (χ3n) is 12.4. The van der Waals surface area contributed by atoms with Crippen molar-refractivity contribution in [2.75, 3.05) is 52.5 Å². The molecule has 2 heterocycles. The van der Waals surface area contributed by atoms with Crippen LogP contribution < -0.4 is 15.4 Å². The van der Waals surface area contributed by atoms with Gasteiger partial charge in [0.25, 0.3) is 5.91 Å². The number of ether oxygens (including phenoxy) is 3. The average molecular weight is 722 g/mol. The Morgan fingerprint density at radius 2 is 1.67 bits per heavy atom. The van der Waals surface area contributed by atoms with Gasteiger partial charge < -0.3 is 24.8 Å². The van der Waals surface area contributed by atoms with Crippen LogP contribution in [0.1, 0.15) is 99.9 Å². The van der Waals surface area contributed by atoms with Crippen LogP contribution in [0.2, 0.25) is 0 Å². The minimum absolute atomic E-state index is 0.0346. The average Bonchev–Trinajstić information content (AvgIpc) is 3.53. The number of fused-ring (bicyclic) bond motifs is 3. The molecule has 2 aromatic rings. The maximum atomic E-state index is 13.9. The molecular formula is C41H56FN3O7. The van der Waals surface area contributed by atoms with Gasteiger partial charge in [-0.1, -0.05) is 26.0 Å². The molecule has 0 aromatic heterocycles. The molecule has 5 atom stereocenters. The lowest BCUT2D eigenvalue weighted by molar-refractivity contribution is -0.384. The van der Waals surface area contributed by atoms with E-state index in [1.165, 1.54) is 29.8 Å². The minimum Gasteiger partial charge on any atom is -0.492 e. The molecule has 2 bridgehead atoms. The Morgan fingerprint density at radius 3 is 2.40 bits per heavy atom. The van der Waals surface area contributed by atoms with Gasteiger partial charge in [-0.05, 0) is 105 Å². The number of carbonyl (C=O) groups excluding carboxylic acids is 2. The van der Waals surface area contributed by atoms with Crippen LogP contribution >= 0.6 is 0 Å². The summed E-state index contributed by atoms with van der Waals surface area (Å²) in [5.41, 5.74) is 1.25. The zero-order valence-electron chi connectivity index (χ0n) is 30.8. The molecule has 52 heavy (non-hydrogen) atoms. The number of rotatable bonds is 12. The second kappa shape index (κ2) is 16.1. The number of halogens is 1. The summed E-state index contributed by atoms with van der Waals surface area (Å²) in [7, 11) is 0. The molecule has 2 aliphatic heterocycles. The van der Waals surface area contributed by atoms with Gasteiger partial charge >= 0.3 is 0 Å². The van der Waals surface area contributed by atoms with Crippen LogP contribution in [0.25, 0.3) is 0 Å². The van der Waals surface area contributed by atoms with Crippen LogP contribution in [0.3, 0.4) is 0 Å². The van der Waals surface area contributed by atoms with Crippen LogP contribution in [0.15, 0.2) is 48.5 Å². The SMILES string of the molecule is CCC1CC2(C(=O)NCCCNC(=O)c3ccc(F)cc3)CC(C)CC(C2)[C@@]12OO[C@]1(CC[C@@H](c3ccc(OCCN4CCOCC4)cc3)CC1)O2. The number of hydrogen-bond donors (Lipinski definition) is 2. The van der Waals surface area contributed by atoms with Gasteiger partial charge in [0.15, 0.2) is 0 Å². The molecule has 2 aromatic carbocycles. The van der Waals surface area contributed by atoms with Gasteiger partial charge in [0, 0.05) is 63.0 Å². The highest BCUT2D eigenvalue weighted by atomic mass is 19.1. The number of nitrogens with zero attached hydrogens (tertiary/aromatic N) is 1. The number of nitrogens with one attached hydrogen (secondary N) is 2. The van der Waals surface area contributed by atoms with Crippen LogP contribution in [-0.2, 0) is 24.0 Å². The lowest BCUT2D eigenvalue weighted by atomic mass is 9.53. The van der Waals surface area contributed by atoms with Gasteiger partial charge in [0.1, 0.15) is 18.2 Å². The standard InChI is InChI=1S/C41H56FN3O7/c1-3-33-27-39(38(47)44-18-4-17-43-37(46)32-5-9-35(42)10-6-32)26-29(2)25-34(28-39)41(33)50-40(51-52-41)15-13-31(14-16-40)30-7-11-36(12-8-30)49-24-21-45-19-22-48-23-20-45/h5-12,29,31,33-34H,3-4,13-28H2,1-2H3,(H,43,46)(H,44,47)/t29?,31-,33?,34?,39?,40+,41-/m0/s1. The zero-order valence-corrected chi connectivity index (χ0v) is 30.8. The number of amides is 2. The molecule has 5 fully saturated rings. The lowest BCUT2D eigenvalue weighted by Gasteiger charge is -2.55. The predicted octanol–water partition coefficient (Wildman–Crippen LogP) is 6.35. The van der Waals surface area contributed by atoms with E-state index in [0.29, 0.717) is 56.4 Å². The number of benzene rings is 2. The highest BCUT2D eigenvalue weighted by Crippen LogP contribution is 2.63. The van der Waals surface area contributed by atoms with Crippen molar-refractivity contribution < 1.29 is 38.0 Å². The topological polar surface area (TPSA) is 108 Å². The van der Waals surface area contributed by atoms with E-state index in [9.17, 15) is 14.0 Å². The molecule has 0 radical (unpaired) electrons. The Balaban J connectivity index is 0.904. The van der Waals surface area contributed by atoms with Gasteiger partial charge in [-0.3, -0.25) is 14.5 Å². The lowest BCUT2D eigenvalue weighted by Crippen LogP contribution is -2.61. The first-order chi connectivity index (χ1) is 25.2. The van der Waals surface area contributed by atoms with Gasteiger partial charge in [-0.25, -0.2) is 4.39 Å². The molecule has 5 aliphatic rings. The first-order valence-corrected chi connectivity index (χ1v) is 19.6. The van der Waals surface area contributed by atoms with Crippen molar-refractivity contribution in [3.8, 4) is 5.75 Å². The maximum Gasteiger partial charge on any atom is 0.251 e. The van der Waals surface area contributed by atoms with Crippen molar-refractivity contribution in [2.24, 2.45) is 23.2 Å². The van der Waals surface area contributed by atoms with E-state index < -0.39 is 17.0 Å². The summed E-state index contributed by atoms with van der Waals surface area (Å²) in [6.45, 7) is 10.4. The second-order valence-corrected chi connectivity index (χ2v) is 16.0. The zero-order chi connectivity index (χ0) is 36.2. The predicted molar refractivity (Wildman–Crippen MR) is 193 cm³/mol. The van der Waals surface area contributed by atoms with Gasteiger partial charge in [0.05, 0.1) is 18.6 Å². The smallest absolute Gasteiger partial charge is 0.251 e. The molecule has 3 saturated carbocycles. The van der Waals surface area contributed by atoms with Gasteiger partial charge in [-0.2, -0.15) is 9.78 Å². The molecule has 10 nitrogen and oxygen atoms in total. The van der Waals surface area contributed by atoms with Crippen LogP contribution in [0.5, 0.6) is 5.75 Å². The van der Waals surface area contributed by atoms with Gasteiger partial charge in [-0.15, -0.1) is 0 Å². The summed E-state index contributed by atoms with van der Waals surface area (Å²) in [4.78, 5) is 41.4. The fourth-order valence-corrected chi connectivity index (χ4v) is 9.68. The van der Waals surface area contributed by atoms with Crippen molar-refractivity contribution in [1.82, 2.24) is 15.5 Å². The van der Waals surface area contributed by atoms with Crippen LogP contribution in [-0.4, -0.2) is 80.8 Å². The van der Waals surface area contributed by atoms with E-state index in [-0.39, 0.29) is 29.5 Å². The van der Waals surface area contributed by atoms with Crippen molar-refractivity contribution in [2.45, 2.75) is 95.5 Å². The molecule has 11 heteroatoms. The number of hydrogen-bond acceptors (Lipinski definition) is 8. The van der Waals surface area contributed by atoms with Crippen LogP contribution in [0.4, 0.5) is 4.39 Å². The monoisotopic (exact) mass is 721 g/mol. The summed E-state index contributed by atoms with van der Waals surface area (Å²) in [5.74, 6) is -0.371. The van der Waals surface area contributed by atoms with E-state index >= 15 is 0 Å². The largest absolute Gasteiger partial charge is 0.492 e. The van der Waals surface area contributed by atoms with Crippen LogP contribution in [0, 0.1) is 29.0 Å². The third-order valence-corrected chi connectivity index (χ3v) is 12.4. The third kappa shape index (κ3) is 8.04. The molecule has 2 spiro atoms. The maximum absolute atomic E-state index is 13.9. The first kappa shape index (κ1) is 37.2. The molecule has 2 amide bonds. The summed E-state index contributed by atoms with van der Waals surface area (Å²) in [6.07, 6.45) is 8.04. The fourth-order valence-electron chi connectivity index (χ4n) is 9.68. The summed E-state index contributed by atoms with van der Waals surface area (Å²) >= 11 is 0. The highest BCUT2D eigenvalue weighted by molar-refractivity contribution is 5.94. The van der Waals surface area contributed by atoms with Crippen molar-refractivity contribution in [3.63, 3.8) is 0 Å². The van der Waals surface area contributed by atoms with E-state index in [1.807, 2.05) is 0 Å². The first-order valence-electron chi connectivity index (χ1n) is 19.6. The second-order valence-electron chi connectivity index (χ2n) is 16.0. The van der Waals surface area contributed by atoms with E-state index in [4.69, 9.17) is 24.0 Å². The quantitative estimate of drug-likeness (QED) is 0.193. The minimum atomic E-state index is -0.842. The summed E-state index contributed by atoms with van der Waals surface area (Å²) in [5, 5.41) is 6.06. The van der Waals surface area contributed by atoms with E-state index in [0.717, 1.165) is 83.5 Å². The molecule has 3 aliphatic carbocycles. The molecule has 7 rings (SSSR count). The van der Waals surface area contributed by atoms with E-state index in [1.54, 1.807) is 0 Å². The Labute approximate surface area is 307 Å². The highest BCUT2D eigenvalue weighted by Gasteiger charge is 2.67. The van der Waals surface area contributed by atoms with E-state index in [2.05, 4.69) is 53.6 Å². The molecule has 4 unspecified atom stereocenters. The van der Waals surface area contributed by atoms with Crippen molar-refractivity contribution in [3.05, 3.63) is 65.5 Å². The van der Waals surface area contributed by atoms with Gasteiger partial charge in [0.2, 0.25) is 17.5 Å².